The zero-order valence-corrected chi connectivity index (χ0v) is 11.2. The van der Waals surface area contributed by atoms with E-state index in [1.807, 2.05) is 11.8 Å². The first-order chi connectivity index (χ1) is 8.16. The first-order valence-corrected chi connectivity index (χ1v) is 6.78. The van der Waals surface area contributed by atoms with Crippen molar-refractivity contribution in [2.24, 2.45) is 5.73 Å². The summed E-state index contributed by atoms with van der Waals surface area (Å²) in [4.78, 5) is 14.0. The summed E-state index contributed by atoms with van der Waals surface area (Å²) in [6, 6.07) is 0.209. The van der Waals surface area contributed by atoms with Crippen LogP contribution in [0, 0.1) is 0 Å². The van der Waals surface area contributed by atoms with Crippen LogP contribution in [-0.2, 0) is 9.53 Å². The molecule has 1 rings (SSSR count). The van der Waals surface area contributed by atoms with E-state index in [0.29, 0.717) is 13.0 Å². The second kappa shape index (κ2) is 7.67. The van der Waals surface area contributed by atoms with Crippen LogP contribution in [0.5, 0.6) is 0 Å². The van der Waals surface area contributed by atoms with Gasteiger partial charge in [0, 0.05) is 13.0 Å². The molecule has 0 saturated carbocycles. The predicted octanol–water partition coefficient (Wildman–Crippen LogP) is 1.53. The lowest BCUT2D eigenvalue weighted by atomic mass is 10.1. The number of amides is 1. The maximum absolute atomic E-state index is 12.0. The molecule has 0 aliphatic carbocycles. The monoisotopic (exact) mass is 242 g/mol. The molecular weight excluding hydrogens is 216 g/mol. The SMILES string of the molecule is CC1OCCN(C(=O)CCCCCCN)C1C. The average molecular weight is 242 g/mol. The summed E-state index contributed by atoms with van der Waals surface area (Å²) >= 11 is 0. The van der Waals surface area contributed by atoms with Crippen LogP contribution in [0.15, 0.2) is 0 Å². The highest BCUT2D eigenvalue weighted by Gasteiger charge is 2.28. The van der Waals surface area contributed by atoms with Crippen molar-refractivity contribution in [3.63, 3.8) is 0 Å². The lowest BCUT2D eigenvalue weighted by Crippen LogP contribution is -2.51. The molecule has 0 bridgehead atoms. The molecule has 0 aromatic rings. The summed E-state index contributed by atoms with van der Waals surface area (Å²) in [5.74, 6) is 0.278. The molecule has 1 amide bonds. The number of rotatable bonds is 6. The quantitative estimate of drug-likeness (QED) is 0.719. The number of unbranched alkanes of at least 4 members (excludes halogenated alkanes) is 3. The Hall–Kier alpha value is -0.610. The molecule has 17 heavy (non-hydrogen) atoms. The minimum absolute atomic E-state index is 0.157. The van der Waals surface area contributed by atoms with Gasteiger partial charge in [-0.25, -0.2) is 0 Å². The fourth-order valence-corrected chi connectivity index (χ4v) is 2.20. The van der Waals surface area contributed by atoms with Gasteiger partial charge in [-0.1, -0.05) is 12.8 Å². The Labute approximate surface area is 104 Å². The van der Waals surface area contributed by atoms with E-state index in [1.54, 1.807) is 0 Å². The maximum Gasteiger partial charge on any atom is 0.222 e. The fraction of sp³-hybridized carbons (Fsp3) is 0.923. The van der Waals surface area contributed by atoms with Crippen LogP contribution in [0.1, 0.15) is 46.0 Å². The molecule has 2 unspecified atom stereocenters. The Morgan fingerprint density at radius 3 is 2.71 bits per heavy atom. The van der Waals surface area contributed by atoms with Crippen LogP contribution in [0.25, 0.3) is 0 Å². The van der Waals surface area contributed by atoms with Gasteiger partial charge in [0.2, 0.25) is 5.91 Å². The standard InChI is InChI=1S/C13H26N2O2/c1-11-12(2)17-10-9-15(11)13(16)7-5-3-4-6-8-14/h11-12H,3-10,14H2,1-2H3. The summed E-state index contributed by atoms with van der Waals surface area (Å²) in [7, 11) is 0. The number of carbonyl (C=O) groups excluding carboxylic acids is 1. The number of hydrogen-bond donors (Lipinski definition) is 1. The molecule has 100 valence electrons. The van der Waals surface area contributed by atoms with Crippen LogP contribution < -0.4 is 5.73 Å². The minimum atomic E-state index is 0.157. The van der Waals surface area contributed by atoms with E-state index in [-0.39, 0.29) is 18.1 Å². The number of carbonyl (C=O) groups is 1. The number of hydrogen-bond acceptors (Lipinski definition) is 3. The van der Waals surface area contributed by atoms with Crippen molar-refractivity contribution in [1.82, 2.24) is 4.90 Å². The van der Waals surface area contributed by atoms with Crippen molar-refractivity contribution < 1.29 is 9.53 Å². The van der Waals surface area contributed by atoms with Gasteiger partial charge in [-0.2, -0.15) is 0 Å². The third kappa shape index (κ3) is 4.64. The maximum atomic E-state index is 12.0. The molecule has 1 saturated heterocycles. The predicted molar refractivity (Wildman–Crippen MR) is 68.7 cm³/mol. The molecule has 0 aromatic heterocycles. The Morgan fingerprint density at radius 2 is 2.00 bits per heavy atom. The molecule has 0 aromatic carbocycles. The van der Waals surface area contributed by atoms with Crippen molar-refractivity contribution in [2.75, 3.05) is 19.7 Å². The van der Waals surface area contributed by atoms with Gasteiger partial charge < -0.3 is 15.4 Å². The smallest absolute Gasteiger partial charge is 0.222 e. The summed E-state index contributed by atoms with van der Waals surface area (Å²) in [5.41, 5.74) is 5.43. The van der Waals surface area contributed by atoms with Gasteiger partial charge in [-0.3, -0.25) is 4.79 Å². The van der Waals surface area contributed by atoms with Crippen LogP contribution in [0.2, 0.25) is 0 Å². The molecule has 0 spiro atoms. The van der Waals surface area contributed by atoms with E-state index in [2.05, 4.69) is 6.92 Å². The number of nitrogens with two attached hydrogens (primary N) is 1. The molecule has 2 atom stereocenters. The highest BCUT2D eigenvalue weighted by molar-refractivity contribution is 5.76. The van der Waals surface area contributed by atoms with Crippen LogP contribution in [0.3, 0.4) is 0 Å². The van der Waals surface area contributed by atoms with Gasteiger partial charge in [0.15, 0.2) is 0 Å². The Morgan fingerprint density at radius 1 is 1.29 bits per heavy atom. The summed E-state index contributed by atoms with van der Waals surface area (Å²) in [5, 5.41) is 0. The van der Waals surface area contributed by atoms with E-state index < -0.39 is 0 Å². The van der Waals surface area contributed by atoms with Crippen molar-refractivity contribution >= 4 is 5.91 Å². The van der Waals surface area contributed by atoms with Gasteiger partial charge in [-0.05, 0) is 33.2 Å². The van der Waals surface area contributed by atoms with Crippen LogP contribution in [-0.4, -0.2) is 42.6 Å². The second-order valence-electron chi connectivity index (χ2n) is 4.86. The van der Waals surface area contributed by atoms with Crippen molar-refractivity contribution in [3.05, 3.63) is 0 Å². The van der Waals surface area contributed by atoms with Gasteiger partial charge in [-0.15, -0.1) is 0 Å². The Balaban J connectivity index is 2.22. The van der Waals surface area contributed by atoms with Crippen molar-refractivity contribution in [3.8, 4) is 0 Å². The highest BCUT2D eigenvalue weighted by atomic mass is 16.5. The van der Waals surface area contributed by atoms with Crippen LogP contribution in [0.4, 0.5) is 0 Å². The summed E-state index contributed by atoms with van der Waals surface area (Å²) in [6.07, 6.45) is 5.12. The lowest BCUT2D eigenvalue weighted by Gasteiger charge is -2.38. The number of ether oxygens (including phenoxy) is 1. The molecule has 4 nitrogen and oxygen atoms in total. The molecule has 4 heteroatoms. The number of nitrogens with zero attached hydrogens (tertiary/aromatic N) is 1. The zero-order valence-electron chi connectivity index (χ0n) is 11.2. The normalized spacial score (nSPS) is 25.0. The summed E-state index contributed by atoms with van der Waals surface area (Å²) < 4.78 is 5.52. The largest absolute Gasteiger partial charge is 0.375 e. The average Bonchev–Trinajstić information content (AvgIpc) is 2.32. The highest BCUT2D eigenvalue weighted by Crippen LogP contribution is 2.15. The van der Waals surface area contributed by atoms with E-state index >= 15 is 0 Å². The topological polar surface area (TPSA) is 55.6 Å². The lowest BCUT2D eigenvalue weighted by molar-refractivity contribution is -0.144. The van der Waals surface area contributed by atoms with E-state index in [1.165, 1.54) is 0 Å². The minimum Gasteiger partial charge on any atom is -0.375 e. The van der Waals surface area contributed by atoms with E-state index in [9.17, 15) is 4.79 Å². The van der Waals surface area contributed by atoms with Crippen LogP contribution >= 0.6 is 0 Å². The van der Waals surface area contributed by atoms with Crippen molar-refractivity contribution in [1.29, 1.82) is 0 Å². The second-order valence-corrected chi connectivity index (χ2v) is 4.86. The molecule has 0 radical (unpaired) electrons. The third-order valence-electron chi connectivity index (χ3n) is 3.55. The molecule has 1 fully saturated rings. The number of morpholine rings is 1. The molecular formula is C13H26N2O2. The van der Waals surface area contributed by atoms with Gasteiger partial charge in [0.05, 0.1) is 18.8 Å². The van der Waals surface area contributed by atoms with Gasteiger partial charge in [0.1, 0.15) is 0 Å². The molecule has 1 aliphatic rings. The molecule has 1 aliphatic heterocycles. The zero-order chi connectivity index (χ0) is 12.7. The van der Waals surface area contributed by atoms with E-state index in [0.717, 1.165) is 38.8 Å². The van der Waals surface area contributed by atoms with Gasteiger partial charge >= 0.3 is 0 Å². The Bertz CT molecular complexity index is 233. The molecule has 2 N–H and O–H groups in total. The summed E-state index contributed by atoms with van der Waals surface area (Å²) in [6.45, 7) is 6.27. The Kier molecular flexibility index (Phi) is 6.52. The van der Waals surface area contributed by atoms with Crippen molar-refractivity contribution in [2.45, 2.75) is 58.1 Å². The van der Waals surface area contributed by atoms with E-state index in [4.69, 9.17) is 10.5 Å². The third-order valence-corrected chi connectivity index (χ3v) is 3.55. The first-order valence-electron chi connectivity index (χ1n) is 6.78. The fourth-order valence-electron chi connectivity index (χ4n) is 2.20. The first kappa shape index (κ1) is 14.5. The van der Waals surface area contributed by atoms with Gasteiger partial charge in [0.25, 0.3) is 0 Å². The molecule has 1 heterocycles.